The van der Waals surface area contributed by atoms with Crippen molar-refractivity contribution in [2.75, 3.05) is 17.6 Å². The highest BCUT2D eigenvalue weighted by molar-refractivity contribution is 7.92. The van der Waals surface area contributed by atoms with Crippen LogP contribution in [0.3, 0.4) is 0 Å². The third-order valence-electron chi connectivity index (χ3n) is 4.36. The van der Waals surface area contributed by atoms with Gasteiger partial charge in [0.1, 0.15) is 5.75 Å². The largest absolute Gasteiger partial charge is 0.481 e. The maximum atomic E-state index is 12.8. The summed E-state index contributed by atoms with van der Waals surface area (Å²) in [5.41, 5.74) is -0.0234. The summed E-state index contributed by atoms with van der Waals surface area (Å²) >= 11 is 0. The van der Waals surface area contributed by atoms with E-state index in [1.54, 1.807) is 31.2 Å². The van der Waals surface area contributed by atoms with Gasteiger partial charge >= 0.3 is 6.18 Å². The van der Waals surface area contributed by atoms with E-state index in [0.29, 0.717) is 23.4 Å². The third-order valence-corrected chi connectivity index (χ3v) is 5.57. The summed E-state index contributed by atoms with van der Waals surface area (Å²) in [5, 5.41) is 2.58. The minimum Gasteiger partial charge on any atom is -0.481 e. The van der Waals surface area contributed by atoms with Gasteiger partial charge in [-0.25, -0.2) is 8.42 Å². The van der Waals surface area contributed by atoms with E-state index in [9.17, 15) is 26.4 Å². The Kier molecular flexibility index (Phi) is 7.35. The fourth-order valence-electron chi connectivity index (χ4n) is 2.57. The maximum absolute atomic E-state index is 12.8. The summed E-state index contributed by atoms with van der Waals surface area (Å²) in [7, 11) is -1.98. The Bertz CT molecular complexity index is 976. The van der Waals surface area contributed by atoms with Gasteiger partial charge in [0, 0.05) is 13.6 Å². The highest BCUT2D eigenvalue weighted by Gasteiger charge is 2.30. The Morgan fingerprint density at radius 2 is 1.80 bits per heavy atom. The molecule has 2 aromatic carbocycles. The number of carbonyl (C=O) groups excluding carboxylic acids is 1. The molecule has 0 fully saturated rings. The van der Waals surface area contributed by atoms with Crippen LogP contribution in [0.5, 0.6) is 5.75 Å². The summed E-state index contributed by atoms with van der Waals surface area (Å²) in [6.45, 7) is 1.67. The first kappa shape index (κ1) is 23.5. The zero-order chi connectivity index (χ0) is 22.5. The molecule has 164 valence electrons. The zero-order valence-electron chi connectivity index (χ0n) is 16.7. The van der Waals surface area contributed by atoms with Gasteiger partial charge in [0.2, 0.25) is 10.0 Å². The second-order valence-electron chi connectivity index (χ2n) is 6.66. The average Bonchev–Trinajstić information content (AvgIpc) is 2.69. The number of nitrogens with one attached hydrogen (secondary N) is 1. The summed E-state index contributed by atoms with van der Waals surface area (Å²) in [4.78, 5) is 12.4. The number of hydrogen-bond donors (Lipinski definition) is 1. The molecule has 1 N–H and O–H groups in total. The highest BCUT2D eigenvalue weighted by Crippen LogP contribution is 2.29. The summed E-state index contributed by atoms with van der Waals surface area (Å²) in [6.07, 6.45) is -3.89. The van der Waals surface area contributed by atoms with Gasteiger partial charge in [0.15, 0.2) is 6.10 Å². The highest BCUT2D eigenvalue weighted by atomic mass is 32.2. The summed E-state index contributed by atoms with van der Waals surface area (Å²) < 4.78 is 68.3. The summed E-state index contributed by atoms with van der Waals surface area (Å²) in [6, 6.07) is 10.9. The van der Waals surface area contributed by atoms with Crippen molar-refractivity contribution in [2.24, 2.45) is 0 Å². The van der Waals surface area contributed by atoms with Crippen LogP contribution < -0.4 is 14.4 Å². The third kappa shape index (κ3) is 6.38. The van der Waals surface area contributed by atoms with E-state index in [0.717, 1.165) is 22.7 Å². The molecule has 0 aliphatic rings. The lowest BCUT2D eigenvalue weighted by molar-refractivity contribution is -0.137. The Morgan fingerprint density at radius 3 is 2.33 bits per heavy atom. The Hall–Kier alpha value is -2.75. The number of ether oxygens (including phenoxy) is 1. The predicted molar refractivity (Wildman–Crippen MR) is 108 cm³/mol. The molecule has 10 heteroatoms. The van der Waals surface area contributed by atoms with Gasteiger partial charge in [-0.1, -0.05) is 19.1 Å². The number of carbonyl (C=O) groups is 1. The van der Waals surface area contributed by atoms with Crippen molar-refractivity contribution in [3.8, 4) is 5.75 Å². The van der Waals surface area contributed by atoms with Crippen LogP contribution in [0.4, 0.5) is 18.9 Å². The van der Waals surface area contributed by atoms with E-state index < -0.39 is 33.8 Å². The van der Waals surface area contributed by atoms with Gasteiger partial charge in [0.05, 0.1) is 17.5 Å². The number of alkyl halides is 3. The molecule has 6 nitrogen and oxygen atoms in total. The average molecular weight is 444 g/mol. The standard InChI is InChI=1S/C20H23F3N2O4S/c1-4-18(29-17-10-8-16(9-11-17)25(2)30(3,27)28)19(26)24-13-14-6-5-7-15(12-14)20(21,22)23/h5-12,18H,4,13H2,1-3H3,(H,24,26). The molecule has 1 unspecified atom stereocenters. The molecule has 0 saturated carbocycles. The molecular formula is C20H23F3N2O4S. The molecule has 0 saturated heterocycles. The van der Waals surface area contributed by atoms with Crippen LogP contribution in [0.15, 0.2) is 48.5 Å². The van der Waals surface area contributed by atoms with Crippen LogP contribution in [0.1, 0.15) is 24.5 Å². The second-order valence-corrected chi connectivity index (χ2v) is 8.67. The lowest BCUT2D eigenvalue weighted by atomic mass is 10.1. The van der Waals surface area contributed by atoms with Crippen molar-refractivity contribution in [3.05, 3.63) is 59.7 Å². The van der Waals surface area contributed by atoms with Crippen LogP contribution in [0.25, 0.3) is 0 Å². The Balaban J connectivity index is 2.00. The van der Waals surface area contributed by atoms with E-state index in [2.05, 4.69) is 5.32 Å². The fraction of sp³-hybridized carbons (Fsp3) is 0.350. The number of hydrogen-bond acceptors (Lipinski definition) is 4. The molecule has 0 spiro atoms. The molecule has 0 aliphatic carbocycles. The van der Waals surface area contributed by atoms with E-state index in [4.69, 9.17) is 4.74 Å². The van der Waals surface area contributed by atoms with Crippen molar-refractivity contribution in [3.63, 3.8) is 0 Å². The minimum atomic E-state index is -4.45. The van der Waals surface area contributed by atoms with Crippen LogP contribution >= 0.6 is 0 Å². The zero-order valence-corrected chi connectivity index (χ0v) is 17.5. The molecule has 0 aromatic heterocycles. The van der Waals surface area contributed by atoms with E-state index >= 15 is 0 Å². The molecule has 2 rings (SSSR count). The molecule has 0 heterocycles. The van der Waals surface area contributed by atoms with Gasteiger partial charge in [0.25, 0.3) is 5.91 Å². The van der Waals surface area contributed by atoms with Crippen LogP contribution in [0.2, 0.25) is 0 Å². The number of benzene rings is 2. The molecular weight excluding hydrogens is 421 g/mol. The van der Waals surface area contributed by atoms with Gasteiger partial charge < -0.3 is 10.1 Å². The summed E-state index contributed by atoms with van der Waals surface area (Å²) in [5.74, 6) is -0.103. The first-order valence-corrected chi connectivity index (χ1v) is 10.9. The van der Waals surface area contributed by atoms with Crippen LogP contribution in [-0.4, -0.2) is 33.7 Å². The normalized spacial score (nSPS) is 12.9. The van der Waals surface area contributed by atoms with Crippen molar-refractivity contribution < 1.29 is 31.1 Å². The number of anilines is 1. The molecule has 0 aliphatic heterocycles. The van der Waals surface area contributed by atoms with Crippen molar-refractivity contribution in [2.45, 2.75) is 32.2 Å². The monoisotopic (exact) mass is 444 g/mol. The lowest BCUT2D eigenvalue weighted by Crippen LogP contribution is -2.37. The number of amides is 1. The van der Waals surface area contributed by atoms with Gasteiger partial charge in [-0.3, -0.25) is 9.10 Å². The first-order valence-electron chi connectivity index (χ1n) is 9.06. The minimum absolute atomic E-state index is 0.0687. The van der Waals surface area contributed by atoms with Gasteiger partial charge in [-0.15, -0.1) is 0 Å². The van der Waals surface area contributed by atoms with Crippen molar-refractivity contribution in [1.29, 1.82) is 0 Å². The van der Waals surface area contributed by atoms with Gasteiger partial charge in [-0.05, 0) is 48.4 Å². The topological polar surface area (TPSA) is 75.7 Å². The van der Waals surface area contributed by atoms with Gasteiger partial charge in [-0.2, -0.15) is 13.2 Å². The molecule has 1 atom stereocenters. The fourth-order valence-corrected chi connectivity index (χ4v) is 3.08. The van der Waals surface area contributed by atoms with Crippen LogP contribution in [-0.2, 0) is 27.5 Å². The number of sulfonamides is 1. The van der Waals surface area contributed by atoms with Crippen LogP contribution in [0, 0.1) is 0 Å². The lowest BCUT2D eigenvalue weighted by Gasteiger charge is -2.19. The predicted octanol–water partition coefficient (Wildman–Crippen LogP) is 3.58. The SMILES string of the molecule is CCC(Oc1ccc(N(C)S(C)(=O)=O)cc1)C(=O)NCc1cccc(C(F)(F)F)c1. The number of rotatable bonds is 8. The van der Waals surface area contributed by atoms with E-state index in [-0.39, 0.29) is 6.54 Å². The van der Waals surface area contributed by atoms with Crippen molar-refractivity contribution in [1.82, 2.24) is 5.32 Å². The molecule has 1 amide bonds. The smallest absolute Gasteiger partial charge is 0.416 e. The molecule has 2 aromatic rings. The quantitative estimate of drug-likeness (QED) is 0.676. The molecule has 0 bridgehead atoms. The maximum Gasteiger partial charge on any atom is 0.416 e. The van der Waals surface area contributed by atoms with E-state index in [1.807, 2.05) is 0 Å². The molecule has 0 radical (unpaired) electrons. The van der Waals surface area contributed by atoms with Crippen molar-refractivity contribution >= 4 is 21.6 Å². The Labute approximate surface area is 173 Å². The number of halogens is 3. The number of nitrogens with zero attached hydrogens (tertiary/aromatic N) is 1. The van der Waals surface area contributed by atoms with E-state index in [1.165, 1.54) is 19.2 Å². The second kappa shape index (κ2) is 9.38. The molecule has 30 heavy (non-hydrogen) atoms. The Morgan fingerprint density at radius 1 is 1.17 bits per heavy atom. The first-order chi connectivity index (χ1) is 13.9.